The molecule has 0 radical (unpaired) electrons. The topological polar surface area (TPSA) is 352 Å². The molecule has 75 heavy (non-hydrogen) atoms. The predicted octanol–water partition coefficient (Wildman–Crippen LogP) is -0.436. The number of aliphatic hydroxyl groups is 1. The van der Waals surface area contributed by atoms with Gasteiger partial charge in [0.1, 0.15) is 48.0 Å². The maximum atomic E-state index is 14.1. The number of carbonyl (C=O) groups is 9. The molecule has 0 bridgehead atoms. The number of aromatic nitrogens is 1. The summed E-state index contributed by atoms with van der Waals surface area (Å²) in [7, 11) is 0. The molecule has 0 fully saturated rings. The summed E-state index contributed by atoms with van der Waals surface area (Å²) in [5.41, 5.74) is 8.96. The number of fused-ring (bicyclic) bond motifs is 1. The van der Waals surface area contributed by atoms with Crippen molar-refractivity contribution in [3.05, 3.63) is 102 Å². The number of phenolic OH excluding ortho intramolecular Hbond substituents is 1. The van der Waals surface area contributed by atoms with E-state index in [9.17, 15) is 58.5 Å². The number of rotatable bonds is 30. The van der Waals surface area contributed by atoms with Gasteiger partial charge < -0.3 is 68.6 Å². The van der Waals surface area contributed by atoms with Gasteiger partial charge in [0.2, 0.25) is 47.3 Å². The average Bonchev–Trinajstić information content (AvgIpc) is 3.79. The lowest BCUT2D eigenvalue weighted by atomic mass is 9.99. The third kappa shape index (κ3) is 19.6. The van der Waals surface area contributed by atoms with Crippen LogP contribution < -0.4 is 48.3 Å². The molecule has 0 saturated heterocycles. The van der Waals surface area contributed by atoms with Crippen LogP contribution in [-0.2, 0) is 62.4 Å². The molecule has 24 heteroatoms. The van der Waals surface area contributed by atoms with Crippen molar-refractivity contribution in [3.63, 3.8) is 0 Å². The van der Waals surface area contributed by atoms with Crippen LogP contribution in [0.25, 0.3) is 10.9 Å². The zero-order valence-electron chi connectivity index (χ0n) is 42.1. The zero-order chi connectivity index (χ0) is 55.2. The van der Waals surface area contributed by atoms with E-state index in [0.717, 1.165) is 10.9 Å². The molecule has 0 spiro atoms. The van der Waals surface area contributed by atoms with Crippen molar-refractivity contribution < 1.29 is 58.5 Å². The number of carboxylic acid groups (broad SMARTS) is 1. The first-order valence-corrected chi connectivity index (χ1v) is 26.2. The molecule has 3 aromatic carbocycles. The third-order valence-electron chi connectivity index (χ3n) is 11.8. The number of aliphatic carboxylic acids is 1. The molecule has 1 aromatic heterocycles. The van der Waals surface area contributed by atoms with Crippen LogP contribution in [-0.4, -0.2) is 153 Å². The number of para-hydroxylation sites is 1. The van der Waals surface area contributed by atoms with E-state index in [-0.39, 0.29) is 49.5 Å². The van der Waals surface area contributed by atoms with Crippen LogP contribution in [0.5, 0.6) is 5.75 Å². The standard InChI is InChI=1S/C51H68N10O12S2/c1-28(2)20-38(58-45(66)35(52)21-31-14-16-33(63)17-15-31)48(69)60-40(23-32-24-53-36-13-9-8-12-34(32)36)47(68)55-29(3)44(65)61-42(27-74)46(67)54-25-43(64)56-41(26-62)50(71)59-39(22-30-10-6-5-7-11-30)49(70)57-37(51(72)73)18-19-75-4/h5-17,24,28-29,35,37-42,53,62-63,74H,18-23,25-27,52H2,1-4H3,(H,54,67)(H,55,68)(H,56,64)(H,57,70)(H,58,66)(H,59,71)(H,60,69)(H,61,65)(H,72,73)/t29-,35-,37-,38-,39-,40-,41-,42-/m0/s1. The summed E-state index contributed by atoms with van der Waals surface area (Å²) < 4.78 is 0. The molecule has 0 unspecified atom stereocenters. The molecule has 8 atom stereocenters. The number of aromatic amines is 1. The van der Waals surface area contributed by atoms with Crippen molar-refractivity contribution in [1.82, 2.24) is 47.5 Å². The van der Waals surface area contributed by atoms with Crippen molar-refractivity contribution in [2.24, 2.45) is 11.7 Å². The molecular formula is C51H68N10O12S2. The summed E-state index contributed by atoms with van der Waals surface area (Å²) in [5.74, 6) is -7.65. The van der Waals surface area contributed by atoms with Gasteiger partial charge in [0.25, 0.3) is 0 Å². The van der Waals surface area contributed by atoms with E-state index in [2.05, 4.69) is 60.1 Å². The number of aromatic hydroxyl groups is 1. The van der Waals surface area contributed by atoms with E-state index in [1.807, 2.05) is 38.1 Å². The highest BCUT2D eigenvalue weighted by molar-refractivity contribution is 7.98. The van der Waals surface area contributed by atoms with Gasteiger partial charge in [-0.05, 0) is 79.0 Å². The van der Waals surface area contributed by atoms with Gasteiger partial charge in [0.15, 0.2) is 0 Å². The molecule has 0 aliphatic heterocycles. The zero-order valence-corrected chi connectivity index (χ0v) is 43.8. The first-order chi connectivity index (χ1) is 35.7. The number of amides is 8. The fourth-order valence-corrected chi connectivity index (χ4v) is 8.39. The molecular weight excluding hydrogens is 1010 g/mol. The summed E-state index contributed by atoms with van der Waals surface area (Å²) in [6.45, 7) is 3.39. The molecule has 14 N–H and O–H groups in total. The number of carboxylic acids is 1. The van der Waals surface area contributed by atoms with Gasteiger partial charge in [-0.3, -0.25) is 38.4 Å². The van der Waals surface area contributed by atoms with Crippen LogP contribution in [0.4, 0.5) is 0 Å². The number of aliphatic hydroxyl groups excluding tert-OH is 1. The fourth-order valence-electron chi connectivity index (χ4n) is 7.66. The Bertz CT molecular complexity index is 2590. The maximum Gasteiger partial charge on any atom is 0.326 e. The van der Waals surface area contributed by atoms with E-state index in [0.29, 0.717) is 22.4 Å². The highest BCUT2D eigenvalue weighted by atomic mass is 32.2. The van der Waals surface area contributed by atoms with E-state index < -0.39 is 115 Å². The number of carbonyl (C=O) groups excluding carboxylic acids is 8. The highest BCUT2D eigenvalue weighted by Crippen LogP contribution is 2.20. The minimum absolute atomic E-state index is 0.0452. The lowest BCUT2D eigenvalue weighted by molar-refractivity contribution is -0.142. The smallest absolute Gasteiger partial charge is 0.326 e. The van der Waals surface area contributed by atoms with E-state index in [4.69, 9.17) is 5.73 Å². The molecule has 0 saturated carbocycles. The van der Waals surface area contributed by atoms with E-state index in [1.165, 1.54) is 30.8 Å². The Morgan fingerprint density at radius 3 is 1.81 bits per heavy atom. The molecule has 1 heterocycles. The minimum atomic E-state index is -1.61. The van der Waals surface area contributed by atoms with Crippen molar-refractivity contribution in [2.45, 2.75) is 101 Å². The molecule has 0 aliphatic rings. The lowest BCUT2D eigenvalue weighted by Gasteiger charge is -2.26. The summed E-state index contributed by atoms with van der Waals surface area (Å²) >= 11 is 5.57. The molecule has 0 aliphatic carbocycles. The van der Waals surface area contributed by atoms with Crippen LogP contribution in [0, 0.1) is 5.92 Å². The summed E-state index contributed by atoms with van der Waals surface area (Å²) in [5, 5.41) is 50.2. The Hall–Kier alpha value is -7.15. The SMILES string of the molecule is CSCC[C@H](NC(=O)[C@H](Cc1ccccc1)NC(=O)[C@H](CO)NC(=O)CNC(=O)[C@H](CS)NC(=O)[C@H](C)NC(=O)[C@H](Cc1c[nH]c2ccccc12)NC(=O)[C@H](CC(C)C)NC(=O)[C@@H](N)Cc1ccc(O)cc1)C(=O)O. The van der Waals surface area contributed by atoms with Crippen molar-refractivity contribution in [2.75, 3.05) is 30.9 Å². The second-order valence-corrected chi connectivity index (χ2v) is 19.6. The van der Waals surface area contributed by atoms with Gasteiger partial charge in [-0.2, -0.15) is 24.4 Å². The second kappa shape index (κ2) is 30.3. The number of thioether (sulfide) groups is 1. The number of nitrogens with one attached hydrogen (secondary N) is 9. The number of nitrogens with two attached hydrogens (primary N) is 1. The molecule has 22 nitrogen and oxygen atoms in total. The number of thiol groups is 1. The molecule has 406 valence electrons. The Balaban J connectivity index is 1.38. The van der Waals surface area contributed by atoms with Crippen molar-refractivity contribution >= 4 is 88.5 Å². The van der Waals surface area contributed by atoms with Crippen LogP contribution in [0.2, 0.25) is 0 Å². The Kier molecular flexibility index (Phi) is 24.4. The van der Waals surface area contributed by atoms with E-state index >= 15 is 0 Å². The normalized spacial score (nSPS) is 14.3. The van der Waals surface area contributed by atoms with Gasteiger partial charge in [-0.15, -0.1) is 0 Å². The number of hydrogen-bond donors (Lipinski definition) is 14. The van der Waals surface area contributed by atoms with Crippen LogP contribution in [0.1, 0.15) is 50.3 Å². The summed E-state index contributed by atoms with van der Waals surface area (Å²) in [6, 6.07) is 11.8. The molecule has 8 amide bonds. The number of phenols is 1. The summed E-state index contributed by atoms with van der Waals surface area (Å²) in [6.07, 6.45) is 3.78. The Morgan fingerprint density at radius 2 is 1.19 bits per heavy atom. The molecule has 4 aromatic rings. The monoisotopic (exact) mass is 1080 g/mol. The number of hydrogen-bond acceptors (Lipinski definition) is 14. The van der Waals surface area contributed by atoms with Crippen LogP contribution in [0.15, 0.2) is 85.1 Å². The lowest BCUT2D eigenvalue weighted by Crippen LogP contribution is -2.59. The largest absolute Gasteiger partial charge is 0.508 e. The Morgan fingerprint density at radius 1 is 0.627 bits per heavy atom. The van der Waals surface area contributed by atoms with Crippen molar-refractivity contribution in [3.8, 4) is 5.75 Å². The van der Waals surface area contributed by atoms with Crippen LogP contribution >= 0.6 is 24.4 Å². The van der Waals surface area contributed by atoms with Gasteiger partial charge >= 0.3 is 5.97 Å². The first-order valence-electron chi connectivity index (χ1n) is 24.2. The quantitative estimate of drug-likeness (QED) is 0.0295. The highest BCUT2D eigenvalue weighted by Gasteiger charge is 2.33. The van der Waals surface area contributed by atoms with Crippen molar-refractivity contribution in [1.29, 1.82) is 0 Å². The number of benzene rings is 3. The average molecular weight is 1080 g/mol. The summed E-state index contributed by atoms with van der Waals surface area (Å²) in [4.78, 5) is 123. The fraction of sp³-hybridized carbons (Fsp3) is 0.431. The second-order valence-electron chi connectivity index (χ2n) is 18.2. The maximum absolute atomic E-state index is 14.1. The van der Waals surface area contributed by atoms with E-state index in [1.54, 1.807) is 54.9 Å². The van der Waals surface area contributed by atoms with Gasteiger partial charge in [-0.1, -0.05) is 74.5 Å². The Labute approximate surface area is 444 Å². The van der Waals surface area contributed by atoms with Gasteiger partial charge in [-0.25, -0.2) is 4.79 Å². The first kappa shape index (κ1) is 60.4. The predicted molar refractivity (Wildman–Crippen MR) is 285 cm³/mol. The minimum Gasteiger partial charge on any atom is -0.508 e. The number of H-pyrrole nitrogens is 1. The van der Waals surface area contributed by atoms with Gasteiger partial charge in [0, 0.05) is 35.7 Å². The van der Waals surface area contributed by atoms with Gasteiger partial charge in [0.05, 0.1) is 19.2 Å². The molecule has 4 rings (SSSR count). The van der Waals surface area contributed by atoms with Crippen LogP contribution in [0.3, 0.4) is 0 Å². The third-order valence-corrected chi connectivity index (χ3v) is 12.8.